The van der Waals surface area contributed by atoms with E-state index in [0.29, 0.717) is 13.0 Å². The van der Waals surface area contributed by atoms with Crippen LogP contribution in [0.5, 0.6) is 0 Å². The number of hydrogen-bond acceptors (Lipinski definition) is 3. The van der Waals surface area contributed by atoms with E-state index in [1.807, 2.05) is 18.2 Å². The Morgan fingerprint density at radius 3 is 2.53 bits per heavy atom. The molecule has 4 heteroatoms. The maximum atomic E-state index is 11.2. The van der Waals surface area contributed by atoms with Crippen LogP contribution in [0.2, 0.25) is 0 Å². The first-order chi connectivity index (χ1) is 9.20. The summed E-state index contributed by atoms with van der Waals surface area (Å²) >= 11 is 0. The zero-order valence-corrected chi connectivity index (χ0v) is 10.6. The molecule has 0 aromatic heterocycles. The number of ketones is 1. The highest BCUT2D eigenvalue weighted by molar-refractivity contribution is 6.36. The van der Waals surface area contributed by atoms with Gasteiger partial charge < -0.3 is 11.1 Å². The van der Waals surface area contributed by atoms with Crippen LogP contribution in [0, 0.1) is 0 Å². The van der Waals surface area contributed by atoms with Crippen LogP contribution in [0.25, 0.3) is 10.8 Å². The standard InChI is InChI=1S/C15H16N2O2/c16-10-14(18)15(19)17-8-7-11-5-6-12-3-1-2-4-13(12)9-11/h1-6,9H,7-8,10,16H2,(H,17,19). The highest BCUT2D eigenvalue weighted by Crippen LogP contribution is 2.15. The molecule has 1 amide bonds. The summed E-state index contributed by atoms with van der Waals surface area (Å²) in [7, 11) is 0. The van der Waals surface area contributed by atoms with E-state index in [1.54, 1.807) is 0 Å². The summed E-state index contributed by atoms with van der Waals surface area (Å²) in [5.74, 6) is -1.19. The predicted molar refractivity (Wildman–Crippen MR) is 74.7 cm³/mol. The van der Waals surface area contributed by atoms with Crippen molar-refractivity contribution >= 4 is 22.5 Å². The van der Waals surface area contributed by atoms with Crippen molar-refractivity contribution in [1.82, 2.24) is 5.32 Å². The average Bonchev–Trinajstić information content (AvgIpc) is 2.46. The van der Waals surface area contributed by atoms with Gasteiger partial charge in [-0.05, 0) is 22.8 Å². The number of amides is 1. The summed E-state index contributed by atoms with van der Waals surface area (Å²) < 4.78 is 0. The predicted octanol–water partition coefficient (Wildman–Crippen LogP) is 1.03. The average molecular weight is 256 g/mol. The van der Waals surface area contributed by atoms with E-state index < -0.39 is 11.7 Å². The second-order valence-corrected chi connectivity index (χ2v) is 4.31. The fourth-order valence-corrected chi connectivity index (χ4v) is 1.91. The van der Waals surface area contributed by atoms with Crippen LogP contribution >= 0.6 is 0 Å². The van der Waals surface area contributed by atoms with E-state index in [1.165, 1.54) is 10.8 Å². The van der Waals surface area contributed by atoms with Crippen molar-refractivity contribution in [1.29, 1.82) is 0 Å². The maximum Gasteiger partial charge on any atom is 0.288 e. The number of Topliss-reactive ketones (excluding diaryl/α,β-unsaturated/α-hetero) is 1. The molecule has 0 spiro atoms. The molecular formula is C15H16N2O2. The number of carbonyl (C=O) groups is 2. The van der Waals surface area contributed by atoms with Crippen LogP contribution in [-0.2, 0) is 16.0 Å². The van der Waals surface area contributed by atoms with Crippen molar-refractivity contribution in [2.45, 2.75) is 6.42 Å². The molecule has 0 atom stereocenters. The third kappa shape index (κ3) is 3.39. The molecule has 19 heavy (non-hydrogen) atoms. The SMILES string of the molecule is NCC(=O)C(=O)NCCc1ccc2ccccc2c1. The molecule has 2 aromatic carbocycles. The van der Waals surface area contributed by atoms with Gasteiger partial charge in [0.2, 0.25) is 5.78 Å². The lowest BCUT2D eigenvalue weighted by Crippen LogP contribution is -2.36. The third-order valence-corrected chi connectivity index (χ3v) is 2.95. The number of benzene rings is 2. The summed E-state index contributed by atoms with van der Waals surface area (Å²) in [5, 5.41) is 4.92. The van der Waals surface area contributed by atoms with Crippen LogP contribution in [0.4, 0.5) is 0 Å². The van der Waals surface area contributed by atoms with Crippen molar-refractivity contribution in [3.05, 3.63) is 48.0 Å². The van der Waals surface area contributed by atoms with Crippen LogP contribution in [0.3, 0.4) is 0 Å². The molecule has 0 aliphatic rings. The molecule has 2 rings (SSSR count). The summed E-state index contributed by atoms with van der Waals surface area (Å²) in [6.07, 6.45) is 0.689. The Kier molecular flexibility index (Phi) is 4.26. The molecule has 0 radical (unpaired) electrons. The molecule has 98 valence electrons. The van der Waals surface area contributed by atoms with E-state index in [9.17, 15) is 9.59 Å². The molecule has 0 fully saturated rings. The monoisotopic (exact) mass is 256 g/mol. The molecule has 0 aliphatic carbocycles. The van der Waals surface area contributed by atoms with Gasteiger partial charge in [0.1, 0.15) is 0 Å². The lowest BCUT2D eigenvalue weighted by molar-refractivity contribution is -0.137. The van der Waals surface area contributed by atoms with Gasteiger partial charge in [-0.15, -0.1) is 0 Å². The Morgan fingerprint density at radius 2 is 1.79 bits per heavy atom. The van der Waals surface area contributed by atoms with Crippen molar-refractivity contribution in [3.63, 3.8) is 0 Å². The van der Waals surface area contributed by atoms with E-state index in [-0.39, 0.29) is 6.54 Å². The number of nitrogens with two attached hydrogens (primary N) is 1. The summed E-state index contributed by atoms with van der Waals surface area (Å²) in [4.78, 5) is 22.2. The lowest BCUT2D eigenvalue weighted by atomic mass is 10.1. The maximum absolute atomic E-state index is 11.2. The van der Waals surface area contributed by atoms with E-state index in [0.717, 1.165) is 5.56 Å². The van der Waals surface area contributed by atoms with Crippen LogP contribution < -0.4 is 11.1 Å². The smallest absolute Gasteiger partial charge is 0.288 e. The number of rotatable bonds is 5. The fourth-order valence-electron chi connectivity index (χ4n) is 1.91. The fraction of sp³-hybridized carbons (Fsp3) is 0.200. The first-order valence-corrected chi connectivity index (χ1v) is 6.19. The van der Waals surface area contributed by atoms with Crippen molar-refractivity contribution in [2.75, 3.05) is 13.1 Å². The quantitative estimate of drug-likeness (QED) is 0.785. The van der Waals surface area contributed by atoms with Gasteiger partial charge in [-0.3, -0.25) is 9.59 Å². The van der Waals surface area contributed by atoms with Gasteiger partial charge in [-0.25, -0.2) is 0 Å². The Labute approximate surface area is 111 Å². The zero-order valence-electron chi connectivity index (χ0n) is 10.6. The van der Waals surface area contributed by atoms with Gasteiger partial charge in [0.25, 0.3) is 5.91 Å². The third-order valence-electron chi connectivity index (χ3n) is 2.95. The van der Waals surface area contributed by atoms with Crippen LogP contribution in [-0.4, -0.2) is 24.8 Å². The summed E-state index contributed by atoms with van der Waals surface area (Å²) in [6, 6.07) is 14.3. The lowest BCUT2D eigenvalue weighted by Gasteiger charge is -2.05. The summed E-state index contributed by atoms with van der Waals surface area (Å²) in [6.45, 7) is 0.185. The normalized spacial score (nSPS) is 10.4. The van der Waals surface area contributed by atoms with E-state index in [2.05, 4.69) is 29.6 Å². The van der Waals surface area contributed by atoms with Gasteiger partial charge in [0.15, 0.2) is 0 Å². The second kappa shape index (κ2) is 6.11. The minimum absolute atomic E-state index is 0.248. The van der Waals surface area contributed by atoms with Gasteiger partial charge in [0, 0.05) is 6.54 Å². The van der Waals surface area contributed by atoms with E-state index >= 15 is 0 Å². The first-order valence-electron chi connectivity index (χ1n) is 6.19. The molecule has 0 saturated heterocycles. The topological polar surface area (TPSA) is 72.2 Å². The zero-order chi connectivity index (χ0) is 13.7. The molecule has 0 heterocycles. The molecular weight excluding hydrogens is 240 g/mol. The number of carbonyl (C=O) groups excluding carboxylic acids is 2. The molecule has 0 bridgehead atoms. The highest BCUT2D eigenvalue weighted by Gasteiger charge is 2.09. The van der Waals surface area contributed by atoms with Crippen molar-refractivity contribution in [2.24, 2.45) is 5.73 Å². The van der Waals surface area contributed by atoms with Crippen LogP contribution in [0.1, 0.15) is 5.56 Å². The minimum Gasteiger partial charge on any atom is -0.349 e. The number of hydrogen-bond donors (Lipinski definition) is 2. The molecule has 4 nitrogen and oxygen atoms in total. The molecule has 0 unspecified atom stereocenters. The second-order valence-electron chi connectivity index (χ2n) is 4.31. The molecule has 0 aliphatic heterocycles. The summed E-state index contributed by atoms with van der Waals surface area (Å²) in [5.41, 5.74) is 6.23. The Hall–Kier alpha value is -2.20. The van der Waals surface area contributed by atoms with E-state index in [4.69, 9.17) is 5.73 Å². The molecule has 0 saturated carbocycles. The first kappa shape index (κ1) is 13.2. The Bertz CT molecular complexity index is 608. The molecule has 2 aromatic rings. The van der Waals surface area contributed by atoms with Crippen molar-refractivity contribution in [3.8, 4) is 0 Å². The van der Waals surface area contributed by atoms with Gasteiger partial charge in [-0.1, -0.05) is 42.5 Å². The highest BCUT2D eigenvalue weighted by atomic mass is 16.2. The minimum atomic E-state index is -0.608. The van der Waals surface area contributed by atoms with Crippen LogP contribution in [0.15, 0.2) is 42.5 Å². The van der Waals surface area contributed by atoms with Gasteiger partial charge in [0.05, 0.1) is 6.54 Å². The van der Waals surface area contributed by atoms with Gasteiger partial charge >= 0.3 is 0 Å². The number of fused-ring (bicyclic) bond motifs is 1. The number of nitrogens with one attached hydrogen (secondary N) is 1. The molecule has 3 N–H and O–H groups in total. The Morgan fingerprint density at radius 1 is 1.05 bits per heavy atom. The largest absolute Gasteiger partial charge is 0.349 e. The van der Waals surface area contributed by atoms with Gasteiger partial charge in [-0.2, -0.15) is 0 Å². The Balaban J connectivity index is 1.95. The van der Waals surface area contributed by atoms with Crippen molar-refractivity contribution < 1.29 is 9.59 Å².